The molecule has 1 aliphatic carbocycles. The van der Waals surface area contributed by atoms with Crippen molar-refractivity contribution in [1.29, 1.82) is 0 Å². The van der Waals surface area contributed by atoms with Crippen molar-refractivity contribution < 1.29 is 4.79 Å². The van der Waals surface area contributed by atoms with E-state index in [-0.39, 0.29) is 11.9 Å². The second-order valence-corrected chi connectivity index (χ2v) is 6.90. The molecule has 5 heteroatoms. The molecule has 0 saturated heterocycles. The summed E-state index contributed by atoms with van der Waals surface area (Å²) in [5, 5.41) is 11.6. The first-order valence-electron chi connectivity index (χ1n) is 8.23. The summed E-state index contributed by atoms with van der Waals surface area (Å²) >= 11 is 1.54. The third kappa shape index (κ3) is 2.99. The Balaban J connectivity index is 1.54. The van der Waals surface area contributed by atoms with Crippen molar-refractivity contribution in [2.45, 2.75) is 31.8 Å². The van der Waals surface area contributed by atoms with Crippen LogP contribution >= 0.6 is 11.3 Å². The van der Waals surface area contributed by atoms with Crippen LogP contribution < -0.4 is 5.32 Å². The summed E-state index contributed by atoms with van der Waals surface area (Å²) in [6.45, 7) is 0.779. The van der Waals surface area contributed by atoms with Gasteiger partial charge in [-0.1, -0.05) is 30.3 Å². The maximum Gasteiger partial charge on any atom is 0.252 e. The van der Waals surface area contributed by atoms with Crippen LogP contribution in [0, 0.1) is 0 Å². The molecule has 1 N–H and O–H groups in total. The van der Waals surface area contributed by atoms with Gasteiger partial charge in [0.1, 0.15) is 0 Å². The summed E-state index contributed by atoms with van der Waals surface area (Å²) < 4.78 is 2.08. The molecule has 3 aromatic rings. The lowest BCUT2D eigenvalue weighted by atomic mass is 9.92. The molecule has 0 saturated carbocycles. The standard InChI is InChI=1S/C19H19N3OS/c23-19(15-9-10-24-13-15)21-17-7-4-8-18-16(17)11-20-22(18)12-14-5-2-1-3-6-14/h1-3,5-6,9-11,13,17H,4,7-8,12H2,(H,21,23)/t17-/m1/s1. The minimum Gasteiger partial charge on any atom is -0.345 e. The van der Waals surface area contributed by atoms with E-state index in [1.54, 1.807) is 11.3 Å². The van der Waals surface area contributed by atoms with Gasteiger partial charge in [-0.2, -0.15) is 16.4 Å². The predicted octanol–water partition coefficient (Wildman–Crippen LogP) is 3.80. The number of nitrogens with one attached hydrogen (secondary N) is 1. The number of amides is 1. The molecule has 2 heterocycles. The van der Waals surface area contributed by atoms with E-state index in [1.165, 1.54) is 16.8 Å². The Morgan fingerprint density at radius 2 is 2.17 bits per heavy atom. The Kier molecular flexibility index (Phi) is 4.17. The SMILES string of the molecule is O=C(N[C@@H]1CCCc2c1cnn2Cc1ccccc1)c1ccsc1. The zero-order valence-corrected chi connectivity index (χ0v) is 14.1. The largest absolute Gasteiger partial charge is 0.345 e. The number of carbonyl (C=O) groups excluding carboxylic acids is 1. The maximum atomic E-state index is 12.3. The third-order valence-corrected chi connectivity index (χ3v) is 5.21. The molecule has 1 aliphatic rings. The average Bonchev–Trinajstić information content (AvgIpc) is 3.27. The van der Waals surface area contributed by atoms with Gasteiger partial charge in [-0.3, -0.25) is 9.48 Å². The molecule has 122 valence electrons. The predicted molar refractivity (Wildman–Crippen MR) is 95.2 cm³/mol. The number of carbonyl (C=O) groups is 1. The van der Waals surface area contributed by atoms with Gasteiger partial charge in [0.25, 0.3) is 5.91 Å². The highest BCUT2D eigenvalue weighted by Gasteiger charge is 2.26. The first kappa shape index (κ1) is 15.1. The summed E-state index contributed by atoms with van der Waals surface area (Å²) in [5.41, 5.74) is 4.40. The van der Waals surface area contributed by atoms with Crippen molar-refractivity contribution in [1.82, 2.24) is 15.1 Å². The van der Waals surface area contributed by atoms with Crippen molar-refractivity contribution in [2.75, 3.05) is 0 Å². The van der Waals surface area contributed by atoms with Crippen LogP contribution in [-0.4, -0.2) is 15.7 Å². The maximum absolute atomic E-state index is 12.3. The molecule has 0 unspecified atom stereocenters. The molecule has 0 fully saturated rings. The molecule has 1 aromatic carbocycles. The number of hydrogen-bond donors (Lipinski definition) is 1. The Labute approximate surface area is 145 Å². The Morgan fingerprint density at radius 3 is 2.96 bits per heavy atom. The lowest BCUT2D eigenvalue weighted by molar-refractivity contribution is 0.0933. The van der Waals surface area contributed by atoms with Crippen LogP contribution in [0.15, 0.2) is 53.4 Å². The Morgan fingerprint density at radius 1 is 1.29 bits per heavy atom. The zero-order chi connectivity index (χ0) is 16.4. The molecule has 0 radical (unpaired) electrons. The number of aromatic nitrogens is 2. The molecular weight excluding hydrogens is 318 g/mol. The van der Waals surface area contributed by atoms with E-state index in [0.717, 1.165) is 31.4 Å². The Bertz CT molecular complexity index is 824. The van der Waals surface area contributed by atoms with E-state index in [1.807, 2.05) is 29.1 Å². The van der Waals surface area contributed by atoms with Crippen LogP contribution in [0.25, 0.3) is 0 Å². The van der Waals surface area contributed by atoms with Crippen LogP contribution in [0.3, 0.4) is 0 Å². The molecule has 24 heavy (non-hydrogen) atoms. The lowest BCUT2D eigenvalue weighted by Gasteiger charge is -2.24. The topological polar surface area (TPSA) is 46.9 Å². The van der Waals surface area contributed by atoms with E-state index in [2.05, 4.69) is 39.4 Å². The second kappa shape index (κ2) is 6.61. The number of fused-ring (bicyclic) bond motifs is 1. The molecule has 4 nitrogen and oxygen atoms in total. The van der Waals surface area contributed by atoms with Crippen LogP contribution in [0.1, 0.15) is 46.1 Å². The fourth-order valence-corrected chi connectivity index (χ4v) is 3.93. The van der Waals surface area contributed by atoms with E-state index < -0.39 is 0 Å². The van der Waals surface area contributed by atoms with Crippen LogP contribution in [-0.2, 0) is 13.0 Å². The lowest BCUT2D eigenvalue weighted by Crippen LogP contribution is -2.30. The van der Waals surface area contributed by atoms with Gasteiger partial charge in [0.15, 0.2) is 0 Å². The van der Waals surface area contributed by atoms with Gasteiger partial charge >= 0.3 is 0 Å². The van der Waals surface area contributed by atoms with E-state index >= 15 is 0 Å². The third-order valence-electron chi connectivity index (χ3n) is 4.53. The first-order chi connectivity index (χ1) is 11.8. The minimum absolute atomic E-state index is 0.00455. The summed E-state index contributed by atoms with van der Waals surface area (Å²) in [4.78, 5) is 12.3. The molecule has 0 spiro atoms. The van der Waals surface area contributed by atoms with Gasteiger partial charge in [0.2, 0.25) is 0 Å². The van der Waals surface area contributed by atoms with Gasteiger partial charge in [0, 0.05) is 16.6 Å². The van der Waals surface area contributed by atoms with E-state index in [4.69, 9.17) is 0 Å². The zero-order valence-electron chi connectivity index (χ0n) is 13.3. The van der Waals surface area contributed by atoms with Crippen LogP contribution in [0.5, 0.6) is 0 Å². The molecule has 0 bridgehead atoms. The van der Waals surface area contributed by atoms with Crippen molar-refractivity contribution >= 4 is 17.2 Å². The van der Waals surface area contributed by atoms with Crippen LogP contribution in [0.2, 0.25) is 0 Å². The van der Waals surface area contributed by atoms with E-state index in [0.29, 0.717) is 0 Å². The highest BCUT2D eigenvalue weighted by molar-refractivity contribution is 7.08. The Hall–Kier alpha value is -2.40. The van der Waals surface area contributed by atoms with Gasteiger partial charge in [-0.05, 0) is 36.3 Å². The number of hydrogen-bond acceptors (Lipinski definition) is 3. The van der Waals surface area contributed by atoms with Gasteiger partial charge < -0.3 is 5.32 Å². The first-order valence-corrected chi connectivity index (χ1v) is 9.17. The van der Waals surface area contributed by atoms with E-state index in [9.17, 15) is 4.79 Å². The fraction of sp³-hybridized carbons (Fsp3) is 0.263. The summed E-state index contributed by atoms with van der Waals surface area (Å²) in [7, 11) is 0. The summed E-state index contributed by atoms with van der Waals surface area (Å²) in [6, 6.07) is 12.3. The normalized spacial score (nSPS) is 16.6. The smallest absolute Gasteiger partial charge is 0.252 e. The monoisotopic (exact) mass is 337 g/mol. The van der Waals surface area contributed by atoms with Gasteiger partial charge in [0.05, 0.1) is 24.3 Å². The molecule has 4 rings (SSSR count). The van der Waals surface area contributed by atoms with Crippen molar-refractivity contribution in [3.63, 3.8) is 0 Å². The minimum atomic E-state index is 0.00455. The molecular formula is C19H19N3OS. The number of thiophene rings is 1. The number of benzene rings is 1. The molecule has 0 aliphatic heterocycles. The number of rotatable bonds is 4. The van der Waals surface area contributed by atoms with Crippen molar-refractivity contribution in [3.05, 3.63) is 75.7 Å². The van der Waals surface area contributed by atoms with Crippen LogP contribution in [0.4, 0.5) is 0 Å². The quantitative estimate of drug-likeness (QED) is 0.787. The molecule has 1 atom stereocenters. The van der Waals surface area contributed by atoms with Gasteiger partial charge in [-0.15, -0.1) is 0 Å². The summed E-state index contributed by atoms with van der Waals surface area (Å²) in [6.07, 6.45) is 4.99. The average molecular weight is 337 g/mol. The van der Waals surface area contributed by atoms with Crippen molar-refractivity contribution in [3.8, 4) is 0 Å². The fourth-order valence-electron chi connectivity index (χ4n) is 3.30. The highest BCUT2D eigenvalue weighted by atomic mass is 32.1. The summed E-state index contributed by atoms with van der Waals surface area (Å²) in [5.74, 6) is 0.00455. The molecule has 2 aromatic heterocycles. The van der Waals surface area contributed by atoms with Crippen molar-refractivity contribution in [2.24, 2.45) is 0 Å². The molecule has 1 amide bonds. The second-order valence-electron chi connectivity index (χ2n) is 6.12. The highest BCUT2D eigenvalue weighted by Crippen LogP contribution is 2.30. The van der Waals surface area contributed by atoms with Gasteiger partial charge in [-0.25, -0.2) is 0 Å². The number of nitrogens with zero attached hydrogens (tertiary/aromatic N) is 2.